The molecule has 1 aliphatic rings. The number of aryl methyl sites for hydroxylation is 1. The molecule has 0 aliphatic carbocycles. The maximum Gasteiger partial charge on any atom is 0.0592 e. The van der Waals surface area contributed by atoms with Gasteiger partial charge in [-0.25, -0.2) is 0 Å². The van der Waals surface area contributed by atoms with E-state index >= 15 is 0 Å². The number of nitrogens with zero attached hydrogens (tertiary/aromatic N) is 1. The number of aliphatic hydroxyl groups is 1. The second-order valence-electron chi connectivity index (χ2n) is 5.19. The monoisotopic (exact) mass is 233 g/mol. The first kappa shape index (κ1) is 12.6. The van der Waals surface area contributed by atoms with E-state index in [-0.39, 0.29) is 6.10 Å². The lowest BCUT2D eigenvalue weighted by Crippen LogP contribution is -2.42. The van der Waals surface area contributed by atoms with Gasteiger partial charge in [-0.2, -0.15) is 0 Å². The van der Waals surface area contributed by atoms with Crippen molar-refractivity contribution in [1.82, 2.24) is 4.90 Å². The number of hydrogen-bond acceptors (Lipinski definition) is 2. The van der Waals surface area contributed by atoms with E-state index in [0.717, 1.165) is 32.5 Å². The molecule has 0 aromatic heterocycles. The molecule has 1 aliphatic heterocycles. The molecular formula is C15H23NO. The zero-order valence-electron chi connectivity index (χ0n) is 10.9. The van der Waals surface area contributed by atoms with Gasteiger partial charge < -0.3 is 5.11 Å². The second kappa shape index (κ2) is 5.65. The third-order valence-electron chi connectivity index (χ3n) is 3.96. The summed E-state index contributed by atoms with van der Waals surface area (Å²) in [6.45, 7) is 7.42. The lowest BCUT2D eigenvalue weighted by molar-refractivity contribution is 0.0221. The number of piperidine rings is 1. The largest absolute Gasteiger partial charge is 0.393 e. The maximum atomic E-state index is 9.88. The van der Waals surface area contributed by atoms with Gasteiger partial charge in [0.2, 0.25) is 0 Å². The number of benzene rings is 1. The second-order valence-corrected chi connectivity index (χ2v) is 5.19. The van der Waals surface area contributed by atoms with E-state index in [9.17, 15) is 5.11 Å². The Labute approximate surface area is 104 Å². The van der Waals surface area contributed by atoms with Gasteiger partial charge in [0, 0.05) is 19.6 Å². The van der Waals surface area contributed by atoms with E-state index in [4.69, 9.17) is 0 Å². The van der Waals surface area contributed by atoms with E-state index in [1.165, 1.54) is 11.1 Å². The molecule has 1 saturated heterocycles. The van der Waals surface area contributed by atoms with E-state index < -0.39 is 0 Å². The number of likely N-dealkylation sites (tertiary alicyclic amines) is 1. The van der Waals surface area contributed by atoms with Crippen LogP contribution in [0.5, 0.6) is 0 Å². The van der Waals surface area contributed by atoms with Crippen molar-refractivity contribution >= 4 is 0 Å². The molecule has 1 N–H and O–H groups in total. The molecule has 0 amide bonds. The van der Waals surface area contributed by atoms with Crippen LogP contribution < -0.4 is 0 Å². The number of aliphatic hydroxyl groups excluding tert-OH is 1. The van der Waals surface area contributed by atoms with Gasteiger partial charge in [-0.3, -0.25) is 4.90 Å². The predicted molar refractivity (Wildman–Crippen MR) is 70.9 cm³/mol. The molecule has 1 aromatic rings. The Morgan fingerprint density at radius 1 is 1.35 bits per heavy atom. The zero-order valence-corrected chi connectivity index (χ0v) is 10.9. The minimum atomic E-state index is -0.0897. The van der Waals surface area contributed by atoms with Gasteiger partial charge in [-0.05, 0) is 36.8 Å². The summed E-state index contributed by atoms with van der Waals surface area (Å²) in [5.74, 6) is 0.452. The molecule has 2 rings (SSSR count). The fourth-order valence-corrected chi connectivity index (χ4v) is 2.67. The fourth-order valence-electron chi connectivity index (χ4n) is 2.67. The van der Waals surface area contributed by atoms with Gasteiger partial charge in [-0.15, -0.1) is 0 Å². The summed E-state index contributed by atoms with van der Waals surface area (Å²) < 4.78 is 0. The van der Waals surface area contributed by atoms with Gasteiger partial charge in [0.1, 0.15) is 0 Å². The first-order chi connectivity index (χ1) is 8.20. The first-order valence-electron chi connectivity index (χ1n) is 6.65. The quantitative estimate of drug-likeness (QED) is 0.867. The highest BCUT2D eigenvalue weighted by Gasteiger charge is 2.26. The summed E-state index contributed by atoms with van der Waals surface area (Å²) in [6.07, 6.45) is 1.91. The van der Waals surface area contributed by atoms with E-state index in [2.05, 4.69) is 43.0 Å². The van der Waals surface area contributed by atoms with Crippen LogP contribution in [0.3, 0.4) is 0 Å². The molecule has 2 nitrogen and oxygen atoms in total. The molecule has 0 saturated carbocycles. The lowest BCUT2D eigenvalue weighted by Gasteiger charge is -2.36. The summed E-state index contributed by atoms with van der Waals surface area (Å²) in [6, 6.07) is 8.58. The highest BCUT2D eigenvalue weighted by molar-refractivity contribution is 5.25. The van der Waals surface area contributed by atoms with Crippen LogP contribution in [0.2, 0.25) is 0 Å². The molecule has 94 valence electrons. The van der Waals surface area contributed by atoms with Crippen molar-refractivity contribution in [1.29, 1.82) is 0 Å². The van der Waals surface area contributed by atoms with Crippen molar-refractivity contribution in [2.75, 3.05) is 13.1 Å². The maximum absolute atomic E-state index is 9.88. The third-order valence-corrected chi connectivity index (χ3v) is 3.96. The molecule has 1 fully saturated rings. The van der Waals surface area contributed by atoms with Gasteiger partial charge in [0.15, 0.2) is 0 Å². The SMILES string of the molecule is CC[C@@H]1CN(Cc2ccccc2C)CC[C@@H]1O. The lowest BCUT2D eigenvalue weighted by atomic mass is 9.92. The molecule has 0 radical (unpaired) electrons. The predicted octanol–water partition coefficient (Wildman–Crippen LogP) is 2.59. The zero-order chi connectivity index (χ0) is 12.3. The standard InChI is InChI=1S/C15H23NO/c1-3-13-10-16(9-8-15(13)17)11-14-7-5-4-6-12(14)2/h4-7,13,15,17H,3,8-11H2,1-2H3/t13-,15+/m1/s1. The van der Waals surface area contributed by atoms with Crippen molar-refractivity contribution < 1.29 is 5.11 Å². The van der Waals surface area contributed by atoms with Crippen LogP contribution in [0.4, 0.5) is 0 Å². The van der Waals surface area contributed by atoms with E-state index in [1.54, 1.807) is 0 Å². The van der Waals surface area contributed by atoms with Crippen LogP contribution in [0.25, 0.3) is 0 Å². The highest BCUT2D eigenvalue weighted by Crippen LogP contribution is 2.22. The van der Waals surface area contributed by atoms with Crippen LogP contribution in [0.1, 0.15) is 30.9 Å². The Kier molecular flexibility index (Phi) is 4.19. The third kappa shape index (κ3) is 3.08. The van der Waals surface area contributed by atoms with Gasteiger partial charge >= 0.3 is 0 Å². The van der Waals surface area contributed by atoms with Crippen LogP contribution in [0.15, 0.2) is 24.3 Å². The molecule has 0 bridgehead atoms. The summed E-state index contributed by atoms with van der Waals surface area (Å²) in [5, 5.41) is 9.88. The van der Waals surface area contributed by atoms with Gasteiger partial charge in [-0.1, -0.05) is 31.2 Å². The van der Waals surface area contributed by atoms with Crippen LogP contribution in [-0.4, -0.2) is 29.2 Å². The van der Waals surface area contributed by atoms with E-state index in [0.29, 0.717) is 5.92 Å². The molecular weight excluding hydrogens is 210 g/mol. The average molecular weight is 233 g/mol. The molecule has 1 aromatic carbocycles. The molecule has 0 unspecified atom stereocenters. The molecule has 2 atom stereocenters. The van der Waals surface area contributed by atoms with Crippen molar-refractivity contribution in [3.63, 3.8) is 0 Å². The van der Waals surface area contributed by atoms with Crippen LogP contribution in [-0.2, 0) is 6.54 Å². The van der Waals surface area contributed by atoms with Crippen LogP contribution >= 0.6 is 0 Å². The van der Waals surface area contributed by atoms with Crippen molar-refractivity contribution in [2.24, 2.45) is 5.92 Å². The Hall–Kier alpha value is -0.860. The Balaban J connectivity index is 1.98. The molecule has 0 spiro atoms. The van der Waals surface area contributed by atoms with Gasteiger partial charge in [0.05, 0.1) is 6.10 Å². The number of rotatable bonds is 3. The normalized spacial score (nSPS) is 26.1. The van der Waals surface area contributed by atoms with Crippen molar-refractivity contribution in [2.45, 2.75) is 39.3 Å². The summed E-state index contributed by atoms with van der Waals surface area (Å²) in [5.41, 5.74) is 2.78. The molecule has 1 heterocycles. The Bertz CT molecular complexity index is 364. The van der Waals surface area contributed by atoms with Crippen molar-refractivity contribution in [3.05, 3.63) is 35.4 Å². The molecule has 2 heteroatoms. The minimum absolute atomic E-state index is 0.0897. The summed E-state index contributed by atoms with van der Waals surface area (Å²) >= 11 is 0. The fraction of sp³-hybridized carbons (Fsp3) is 0.600. The van der Waals surface area contributed by atoms with Crippen LogP contribution in [0, 0.1) is 12.8 Å². The smallest absolute Gasteiger partial charge is 0.0592 e. The summed E-state index contributed by atoms with van der Waals surface area (Å²) in [7, 11) is 0. The molecule has 17 heavy (non-hydrogen) atoms. The first-order valence-corrected chi connectivity index (χ1v) is 6.65. The Morgan fingerprint density at radius 3 is 2.82 bits per heavy atom. The highest BCUT2D eigenvalue weighted by atomic mass is 16.3. The topological polar surface area (TPSA) is 23.5 Å². The van der Waals surface area contributed by atoms with Gasteiger partial charge in [0.25, 0.3) is 0 Å². The minimum Gasteiger partial charge on any atom is -0.393 e. The number of hydrogen-bond donors (Lipinski definition) is 1. The van der Waals surface area contributed by atoms with E-state index in [1.807, 2.05) is 0 Å². The van der Waals surface area contributed by atoms with Crippen molar-refractivity contribution in [3.8, 4) is 0 Å². The Morgan fingerprint density at radius 2 is 2.12 bits per heavy atom. The summed E-state index contributed by atoms with van der Waals surface area (Å²) in [4.78, 5) is 2.48. The average Bonchev–Trinajstić information content (AvgIpc) is 2.34.